The fourth-order valence-electron chi connectivity index (χ4n) is 2.71. The summed E-state index contributed by atoms with van der Waals surface area (Å²) in [5.41, 5.74) is 2.15. The maximum atomic E-state index is 12.7. The van der Waals surface area contributed by atoms with Crippen molar-refractivity contribution >= 4 is 33.2 Å². The van der Waals surface area contributed by atoms with Crippen LogP contribution in [0.4, 0.5) is 0 Å². The fraction of sp³-hybridized carbons (Fsp3) is 0.0476. The smallest absolute Gasteiger partial charge is 0.252 e. The molecule has 134 valence electrons. The van der Waals surface area contributed by atoms with Gasteiger partial charge < -0.3 is 9.73 Å². The summed E-state index contributed by atoms with van der Waals surface area (Å²) < 4.78 is 6.96. The Morgan fingerprint density at radius 2 is 1.81 bits per heavy atom. The van der Waals surface area contributed by atoms with Crippen molar-refractivity contribution in [1.82, 2.24) is 10.3 Å². The minimum atomic E-state index is -0.158. The summed E-state index contributed by atoms with van der Waals surface area (Å²) in [6, 6.07) is 21.0. The Balaban J connectivity index is 1.58. The predicted molar refractivity (Wildman–Crippen MR) is 111 cm³/mol. The number of halogens is 1. The second-order valence-electron chi connectivity index (χ2n) is 5.83. The highest BCUT2D eigenvalue weighted by Gasteiger charge is 2.17. The molecule has 4 rings (SSSR count). The molecule has 0 saturated heterocycles. The van der Waals surface area contributed by atoms with E-state index in [0.717, 1.165) is 14.2 Å². The number of nitrogens with zero attached hydrogens (tertiary/aromatic N) is 1. The van der Waals surface area contributed by atoms with Gasteiger partial charge in [0, 0.05) is 16.0 Å². The Morgan fingerprint density at radius 1 is 1.04 bits per heavy atom. The van der Waals surface area contributed by atoms with E-state index in [0.29, 0.717) is 29.3 Å². The molecule has 0 spiro atoms. The molecule has 0 fully saturated rings. The van der Waals surface area contributed by atoms with Gasteiger partial charge in [0.1, 0.15) is 0 Å². The van der Waals surface area contributed by atoms with Crippen LogP contribution in [0.5, 0.6) is 0 Å². The zero-order chi connectivity index (χ0) is 18.6. The first-order valence-corrected chi connectivity index (χ1v) is 9.95. The summed E-state index contributed by atoms with van der Waals surface area (Å²) in [6.07, 6.45) is 1.68. The summed E-state index contributed by atoms with van der Waals surface area (Å²) >= 11 is 5.03. The van der Waals surface area contributed by atoms with E-state index < -0.39 is 0 Å². The number of thiophene rings is 1. The van der Waals surface area contributed by atoms with Crippen molar-refractivity contribution in [2.75, 3.05) is 0 Å². The predicted octanol–water partition coefficient (Wildman–Crippen LogP) is 5.76. The molecule has 0 atom stereocenters. The lowest BCUT2D eigenvalue weighted by molar-refractivity contribution is 0.0951. The second-order valence-corrected chi connectivity index (χ2v) is 8.38. The van der Waals surface area contributed by atoms with E-state index in [1.54, 1.807) is 23.6 Å². The number of rotatable bonds is 5. The van der Waals surface area contributed by atoms with Gasteiger partial charge in [-0.2, -0.15) is 0 Å². The van der Waals surface area contributed by atoms with Crippen LogP contribution in [0.25, 0.3) is 22.8 Å². The summed E-state index contributed by atoms with van der Waals surface area (Å²) in [6.45, 7) is 0.476. The molecule has 0 aliphatic heterocycles. The summed E-state index contributed by atoms with van der Waals surface area (Å²) in [7, 11) is 0. The highest BCUT2D eigenvalue weighted by Crippen LogP contribution is 2.28. The van der Waals surface area contributed by atoms with Crippen molar-refractivity contribution < 1.29 is 9.21 Å². The monoisotopic (exact) mass is 438 g/mol. The van der Waals surface area contributed by atoms with Crippen LogP contribution in [-0.4, -0.2) is 10.9 Å². The molecular formula is C21H15BrN2O2S. The molecule has 4 aromatic rings. The molecule has 0 aliphatic carbocycles. The third-order valence-corrected chi connectivity index (χ3v) is 5.64. The van der Waals surface area contributed by atoms with Crippen LogP contribution < -0.4 is 5.32 Å². The van der Waals surface area contributed by atoms with Crippen LogP contribution in [0, 0.1) is 0 Å². The van der Waals surface area contributed by atoms with Crippen LogP contribution in [0.3, 0.4) is 0 Å². The van der Waals surface area contributed by atoms with Crippen molar-refractivity contribution in [2.24, 2.45) is 0 Å². The number of aromatic nitrogens is 1. The average molecular weight is 439 g/mol. The quantitative estimate of drug-likeness (QED) is 0.430. The van der Waals surface area contributed by atoms with Crippen molar-refractivity contribution in [2.45, 2.75) is 6.54 Å². The van der Waals surface area contributed by atoms with Gasteiger partial charge in [0.25, 0.3) is 5.91 Å². The third-order valence-electron chi connectivity index (χ3n) is 4.02. The molecule has 27 heavy (non-hydrogen) atoms. The minimum Gasteiger partial charge on any atom is -0.436 e. The molecule has 4 nitrogen and oxygen atoms in total. The lowest BCUT2D eigenvalue weighted by atomic mass is 10.1. The molecule has 0 saturated carbocycles. The normalized spacial score (nSPS) is 10.7. The van der Waals surface area contributed by atoms with Crippen molar-refractivity contribution in [3.05, 3.63) is 87.2 Å². The highest BCUT2D eigenvalue weighted by molar-refractivity contribution is 9.11. The Hall–Kier alpha value is -2.70. The molecule has 1 N–H and O–H groups in total. The number of hydrogen-bond acceptors (Lipinski definition) is 4. The summed E-state index contributed by atoms with van der Waals surface area (Å²) in [4.78, 5) is 18.2. The lowest BCUT2D eigenvalue weighted by Crippen LogP contribution is -2.23. The van der Waals surface area contributed by atoms with Gasteiger partial charge in [0.2, 0.25) is 5.89 Å². The van der Waals surface area contributed by atoms with Crippen molar-refractivity contribution in [1.29, 1.82) is 0 Å². The van der Waals surface area contributed by atoms with Gasteiger partial charge in [0.05, 0.1) is 22.1 Å². The van der Waals surface area contributed by atoms with Gasteiger partial charge in [-0.25, -0.2) is 4.98 Å². The number of amides is 1. The Labute approximate surface area is 169 Å². The van der Waals surface area contributed by atoms with Gasteiger partial charge in [-0.05, 0) is 40.2 Å². The van der Waals surface area contributed by atoms with E-state index in [1.165, 1.54) is 0 Å². The zero-order valence-corrected chi connectivity index (χ0v) is 16.6. The van der Waals surface area contributed by atoms with E-state index in [9.17, 15) is 4.79 Å². The van der Waals surface area contributed by atoms with Gasteiger partial charge in [-0.3, -0.25) is 4.79 Å². The summed E-state index contributed by atoms with van der Waals surface area (Å²) in [5, 5.41) is 2.96. The van der Waals surface area contributed by atoms with E-state index in [-0.39, 0.29) is 5.91 Å². The Morgan fingerprint density at radius 3 is 2.59 bits per heavy atom. The SMILES string of the molecule is O=C(NCc1ccc(Br)s1)c1ccccc1-c1ncc(-c2ccccc2)o1. The standard InChI is InChI=1S/C21H15BrN2O2S/c22-19-11-10-15(27-19)12-23-20(25)16-8-4-5-9-17(16)21-24-13-18(26-21)14-6-2-1-3-7-14/h1-11,13H,12H2,(H,23,25). The van der Waals surface area contributed by atoms with E-state index in [2.05, 4.69) is 26.2 Å². The zero-order valence-electron chi connectivity index (χ0n) is 14.2. The van der Waals surface area contributed by atoms with Crippen LogP contribution in [0.2, 0.25) is 0 Å². The molecule has 0 unspecified atom stereocenters. The molecule has 1 amide bonds. The van der Waals surface area contributed by atoms with Crippen LogP contribution in [0.15, 0.2) is 81.1 Å². The average Bonchev–Trinajstić information content (AvgIpc) is 3.36. The van der Waals surface area contributed by atoms with Crippen molar-refractivity contribution in [3.8, 4) is 22.8 Å². The summed E-state index contributed by atoms with van der Waals surface area (Å²) in [5.74, 6) is 0.942. The number of benzene rings is 2. The number of oxazole rings is 1. The van der Waals surface area contributed by atoms with E-state index in [4.69, 9.17) is 4.42 Å². The molecule has 0 aliphatic rings. The largest absolute Gasteiger partial charge is 0.436 e. The third kappa shape index (κ3) is 4.02. The molecule has 0 bridgehead atoms. The van der Waals surface area contributed by atoms with Gasteiger partial charge in [-0.15, -0.1) is 11.3 Å². The number of hydrogen-bond donors (Lipinski definition) is 1. The van der Waals surface area contributed by atoms with E-state index in [1.807, 2.05) is 60.7 Å². The fourth-order valence-corrected chi connectivity index (χ4v) is 4.13. The maximum absolute atomic E-state index is 12.7. The Kier molecular flexibility index (Phi) is 5.18. The number of carbonyl (C=O) groups excluding carboxylic acids is 1. The van der Waals surface area contributed by atoms with Gasteiger partial charge in [0.15, 0.2) is 5.76 Å². The van der Waals surface area contributed by atoms with Crippen molar-refractivity contribution in [3.63, 3.8) is 0 Å². The van der Waals surface area contributed by atoms with E-state index >= 15 is 0 Å². The molecule has 2 aromatic carbocycles. The van der Waals surface area contributed by atoms with Gasteiger partial charge in [-0.1, -0.05) is 42.5 Å². The van der Waals surface area contributed by atoms with Crippen LogP contribution >= 0.6 is 27.3 Å². The maximum Gasteiger partial charge on any atom is 0.252 e. The minimum absolute atomic E-state index is 0.158. The topological polar surface area (TPSA) is 55.1 Å². The molecular weight excluding hydrogens is 424 g/mol. The molecule has 6 heteroatoms. The van der Waals surface area contributed by atoms with Crippen LogP contribution in [-0.2, 0) is 6.54 Å². The second kappa shape index (κ2) is 7.90. The first kappa shape index (κ1) is 17.7. The molecule has 0 radical (unpaired) electrons. The highest BCUT2D eigenvalue weighted by atomic mass is 79.9. The number of nitrogens with one attached hydrogen (secondary N) is 1. The number of carbonyl (C=O) groups is 1. The molecule has 2 aromatic heterocycles. The molecule has 2 heterocycles. The van der Waals surface area contributed by atoms with Gasteiger partial charge >= 0.3 is 0 Å². The lowest BCUT2D eigenvalue weighted by Gasteiger charge is -2.07. The Bertz CT molecular complexity index is 1070. The first-order valence-electron chi connectivity index (χ1n) is 8.34. The first-order chi connectivity index (χ1) is 13.2. The van der Waals surface area contributed by atoms with Crippen LogP contribution in [0.1, 0.15) is 15.2 Å².